The van der Waals surface area contributed by atoms with Crippen LogP contribution in [0.4, 0.5) is 14.9 Å². The number of amides is 3. The Bertz CT molecular complexity index is 961. The van der Waals surface area contributed by atoms with Gasteiger partial charge in [-0.25, -0.2) is 9.18 Å². The van der Waals surface area contributed by atoms with E-state index in [1.54, 1.807) is 24.3 Å². The molecule has 0 heterocycles. The molecule has 0 bridgehead atoms. The summed E-state index contributed by atoms with van der Waals surface area (Å²) in [6.07, 6.45) is -0.231. The lowest BCUT2D eigenvalue weighted by Crippen LogP contribution is -2.37. The van der Waals surface area contributed by atoms with Crippen LogP contribution in [-0.2, 0) is 14.3 Å². The van der Waals surface area contributed by atoms with Crippen LogP contribution in [0.3, 0.4) is 0 Å². The highest BCUT2D eigenvalue weighted by Gasteiger charge is 2.21. The Morgan fingerprint density at radius 2 is 1.81 bits per heavy atom. The van der Waals surface area contributed by atoms with Gasteiger partial charge in [0.15, 0.2) is 6.61 Å². The third-order valence-electron chi connectivity index (χ3n) is 4.20. The van der Waals surface area contributed by atoms with Crippen molar-refractivity contribution in [1.82, 2.24) is 5.32 Å². The Balaban J connectivity index is 2.02. The van der Waals surface area contributed by atoms with Crippen LogP contribution in [0.1, 0.15) is 24.4 Å². The molecule has 10 heteroatoms. The third kappa shape index (κ3) is 7.60. The second-order valence-electron chi connectivity index (χ2n) is 6.41. The molecule has 31 heavy (non-hydrogen) atoms. The number of hydrogen-bond donors (Lipinski definition) is 2. The van der Waals surface area contributed by atoms with E-state index in [1.165, 1.54) is 29.2 Å². The van der Waals surface area contributed by atoms with E-state index in [0.29, 0.717) is 16.3 Å². The molecule has 2 aromatic carbocycles. The second kappa shape index (κ2) is 11.5. The molecule has 2 aromatic rings. The lowest BCUT2D eigenvalue weighted by atomic mass is 10.0. The standard InChI is InChI=1S/C21H20ClFN4O4/c22-15-4-2-14(3-5-15)18(26-21(25)30)12-20(29)31-13-19(28)27(11-1-10-24)17-8-6-16(23)7-9-17/h2-9,18H,1,11-13H2,(H3,25,26,30). The highest BCUT2D eigenvalue weighted by Crippen LogP contribution is 2.20. The lowest BCUT2D eigenvalue weighted by molar-refractivity contribution is -0.148. The summed E-state index contributed by atoms with van der Waals surface area (Å²) in [5, 5.41) is 11.7. The summed E-state index contributed by atoms with van der Waals surface area (Å²) >= 11 is 5.85. The maximum Gasteiger partial charge on any atom is 0.312 e. The van der Waals surface area contributed by atoms with E-state index in [-0.39, 0.29) is 19.4 Å². The summed E-state index contributed by atoms with van der Waals surface area (Å²) in [7, 11) is 0. The van der Waals surface area contributed by atoms with Crippen molar-refractivity contribution in [1.29, 1.82) is 5.26 Å². The number of halogens is 2. The van der Waals surface area contributed by atoms with Gasteiger partial charge in [0.1, 0.15) is 5.82 Å². The number of benzene rings is 2. The number of ether oxygens (including phenoxy) is 1. The number of nitrogens with zero attached hydrogens (tertiary/aromatic N) is 2. The largest absolute Gasteiger partial charge is 0.455 e. The molecule has 0 spiro atoms. The average Bonchev–Trinajstić information content (AvgIpc) is 2.73. The fraction of sp³-hybridized carbons (Fsp3) is 0.238. The average molecular weight is 447 g/mol. The Labute approximate surface area is 183 Å². The molecule has 0 aromatic heterocycles. The van der Waals surface area contributed by atoms with E-state index in [0.717, 1.165) is 0 Å². The number of nitrogens with one attached hydrogen (secondary N) is 1. The van der Waals surface area contributed by atoms with Gasteiger partial charge in [-0.2, -0.15) is 5.26 Å². The van der Waals surface area contributed by atoms with Gasteiger partial charge in [-0.15, -0.1) is 0 Å². The fourth-order valence-corrected chi connectivity index (χ4v) is 2.87. The van der Waals surface area contributed by atoms with E-state index >= 15 is 0 Å². The summed E-state index contributed by atoms with van der Waals surface area (Å²) in [6.45, 7) is -0.541. The molecule has 0 aliphatic heterocycles. The van der Waals surface area contributed by atoms with Crippen LogP contribution in [0.15, 0.2) is 48.5 Å². The van der Waals surface area contributed by atoms with Gasteiger partial charge >= 0.3 is 12.0 Å². The van der Waals surface area contributed by atoms with Gasteiger partial charge < -0.3 is 20.7 Å². The highest BCUT2D eigenvalue weighted by molar-refractivity contribution is 6.30. The molecule has 0 fully saturated rings. The monoisotopic (exact) mass is 446 g/mol. The number of urea groups is 1. The number of esters is 1. The van der Waals surface area contributed by atoms with E-state index in [4.69, 9.17) is 27.3 Å². The zero-order valence-corrected chi connectivity index (χ0v) is 17.1. The van der Waals surface area contributed by atoms with Gasteiger partial charge in [0.2, 0.25) is 0 Å². The number of nitriles is 1. The molecular weight excluding hydrogens is 427 g/mol. The number of hydrogen-bond acceptors (Lipinski definition) is 5. The van der Waals surface area contributed by atoms with Crippen LogP contribution in [0, 0.1) is 17.1 Å². The van der Waals surface area contributed by atoms with Crippen molar-refractivity contribution < 1.29 is 23.5 Å². The molecule has 0 saturated carbocycles. The Morgan fingerprint density at radius 3 is 2.39 bits per heavy atom. The van der Waals surface area contributed by atoms with E-state index in [1.807, 2.05) is 6.07 Å². The van der Waals surface area contributed by atoms with E-state index in [2.05, 4.69) is 5.32 Å². The van der Waals surface area contributed by atoms with Crippen LogP contribution in [-0.4, -0.2) is 31.1 Å². The van der Waals surface area contributed by atoms with Crippen molar-refractivity contribution in [2.75, 3.05) is 18.1 Å². The van der Waals surface area contributed by atoms with Crippen molar-refractivity contribution in [2.24, 2.45) is 5.73 Å². The Morgan fingerprint density at radius 1 is 1.16 bits per heavy atom. The van der Waals surface area contributed by atoms with Gasteiger partial charge in [-0.1, -0.05) is 23.7 Å². The number of primary amides is 1. The summed E-state index contributed by atoms with van der Waals surface area (Å²) in [5.74, 6) is -1.81. The SMILES string of the molecule is N#CCCN(C(=O)COC(=O)CC(NC(N)=O)c1ccc(Cl)cc1)c1ccc(F)cc1. The summed E-state index contributed by atoms with van der Waals surface area (Å²) in [5.41, 5.74) is 6.12. The first kappa shape index (κ1) is 23.6. The molecule has 2 rings (SSSR count). The first-order valence-corrected chi connectivity index (χ1v) is 9.58. The van der Waals surface area contributed by atoms with Gasteiger partial charge in [-0.05, 0) is 42.0 Å². The highest BCUT2D eigenvalue weighted by atomic mass is 35.5. The van der Waals surface area contributed by atoms with Crippen molar-refractivity contribution in [2.45, 2.75) is 18.9 Å². The van der Waals surface area contributed by atoms with Gasteiger partial charge in [-0.3, -0.25) is 9.59 Å². The van der Waals surface area contributed by atoms with Crippen molar-refractivity contribution in [3.63, 3.8) is 0 Å². The Hall–Kier alpha value is -3.64. The summed E-state index contributed by atoms with van der Waals surface area (Å²) < 4.78 is 18.2. The minimum atomic E-state index is -0.831. The number of anilines is 1. The van der Waals surface area contributed by atoms with Crippen molar-refractivity contribution >= 4 is 35.2 Å². The topological polar surface area (TPSA) is 126 Å². The fourth-order valence-electron chi connectivity index (χ4n) is 2.75. The molecule has 8 nitrogen and oxygen atoms in total. The third-order valence-corrected chi connectivity index (χ3v) is 4.45. The number of carbonyl (C=O) groups excluding carboxylic acids is 3. The quantitative estimate of drug-likeness (QED) is 0.572. The normalized spacial score (nSPS) is 11.1. The molecule has 1 atom stereocenters. The zero-order valence-electron chi connectivity index (χ0n) is 16.4. The molecule has 1 unspecified atom stereocenters. The molecule has 3 N–H and O–H groups in total. The molecule has 0 radical (unpaired) electrons. The lowest BCUT2D eigenvalue weighted by Gasteiger charge is -2.22. The van der Waals surface area contributed by atoms with Gasteiger partial charge in [0, 0.05) is 17.3 Å². The van der Waals surface area contributed by atoms with Crippen molar-refractivity contribution in [3.05, 3.63) is 64.9 Å². The number of nitrogens with two attached hydrogens (primary N) is 1. The second-order valence-corrected chi connectivity index (χ2v) is 6.84. The van der Waals surface area contributed by atoms with Crippen LogP contribution < -0.4 is 16.0 Å². The maximum absolute atomic E-state index is 13.2. The van der Waals surface area contributed by atoms with Crippen molar-refractivity contribution in [3.8, 4) is 6.07 Å². The van der Waals surface area contributed by atoms with E-state index in [9.17, 15) is 18.8 Å². The van der Waals surface area contributed by atoms with Crippen LogP contribution in [0.25, 0.3) is 0 Å². The van der Waals surface area contributed by atoms with Gasteiger partial charge in [0.05, 0.1) is 25.0 Å². The molecule has 162 valence electrons. The van der Waals surface area contributed by atoms with E-state index < -0.39 is 36.4 Å². The smallest absolute Gasteiger partial charge is 0.312 e. The maximum atomic E-state index is 13.2. The molecule has 0 aliphatic rings. The first-order chi connectivity index (χ1) is 14.8. The summed E-state index contributed by atoms with van der Waals surface area (Å²) in [4.78, 5) is 37.4. The van der Waals surface area contributed by atoms with Crippen LogP contribution in [0.5, 0.6) is 0 Å². The van der Waals surface area contributed by atoms with Crippen LogP contribution in [0.2, 0.25) is 5.02 Å². The van der Waals surface area contributed by atoms with Gasteiger partial charge in [0.25, 0.3) is 5.91 Å². The number of rotatable bonds is 9. The molecule has 0 aliphatic carbocycles. The zero-order chi connectivity index (χ0) is 22.8. The number of carbonyl (C=O) groups is 3. The molecule has 0 saturated heterocycles. The van der Waals surface area contributed by atoms with Crippen LogP contribution >= 0.6 is 11.6 Å². The minimum absolute atomic E-state index is 0.0399. The molecule has 3 amide bonds. The predicted octanol–water partition coefficient (Wildman–Crippen LogP) is 3.07. The predicted molar refractivity (Wildman–Crippen MR) is 111 cm³/mol. The molecular formula is C21H20ClFN4O4. The minimum Gasteiger partial charge on any atom is -0.455 e. The Kier molecular flexibility index (Phi) is 8.78. The first-order valence-electron chi connectivity index (χ1n) is 9.20. The summed E-state index contributed by atoms with van der Waals surface area (Å²) in [6, 6.07) is 11.9.